The van der Waals surface area contributed by atoms with Crippen molar-refractivity contribution in [2.45, 2.75) is 64.1 Å². The topological polar surface area (TPSA) is 157 Å². The van der Waals surface area contributed by atoms with Gasteiger partial charge in [0.1, 0.15) is 28.6 Å². The summed E-state index contributed by atoms with van der Waals surface area (Å²) in [6, 6.07) is -0.207. The van der Waals surface area contributed by atoms with E-state index in [0.29, 0.717) is 13.1 Å². The zero-order chi connectivity index (χ0) is 30.0. The van der Waals surface area contributed by atoms with Crippen LogP contribution in [0.15, 0.2) is 23.0 Å². The third kappa shape index (κ3) is 4.59. The third-order valence-corrected chi connectivity index (χ3v) is 8.57. The molecular formula is C28H31F3N2O8. The van der Waals surface area contributed by atoms with Crippen LogP contribution in [0.25, 0.3) is 5.76 Å². The number of aromatic hydroxyl groups is 1. The number of carbonyl (C=O) groups excluding carboxylic acids is 3. The van der Waals surface area contributed by atoms with Gasteiger partial charge in [0.15, 0.2) is 17.2 Å². The maximum absolute atomic E-state index is 13.9. The first-order valence-electron chi connectivity index (χ1n) is 13.5. The van der Waals surface area contributed by atoms with Gasteiger partial charge in [-0.3, -0.25) is 19.3 Å². The quantitative estimate of drug-likeness (QED) is 0.317. The standard InChI is InChI=1S/C28H31F3N2O8/c1-3-32-21-16-9-13-8-15-20(17(35)10-14(11-33-6-4-5-7-33)24(15)41-28(29,30)31)22(36)19(13)26(39)27(16,40)25(38)18(12(2)34)23(21)37/h10,13,16,21,32,35-36,38,40H,3-9,11H2,1-2H3/t13-,16-,21-,27+/m0/s1. The van der Waals surface area contributed by atoms with E-state index in [1.807, 2.05) is 4.90 Å². The lowest BCUT2D eigenvalue weighted by Crippen LogP contribution is -2.65. The van der Waals surface area contributed by atoms with Gasteiger partial charge >= 0.3 is 6.36 Å². The van der Waals surface area contributed by atoms with Crippen LogP contribution in [0.1, 0.15) is 49.8 Å². The van der Waals surface area contributed by atoms with E-state index in [2.05, 4.69) is 10.1 Å². The number of aliphatic hydroxyl groups is 3. The van der Waals surface area contributed by atoms with Gasteiger partial charge in [0, 0.05) is 29.2 Å². The van der Waals surface area contributed by atoms with Crippen molar-refractivity contribution in [1.29, 1.82) is 0 Å². The first-order chi connectivity index (χ1) is 19.2. The number of hydrogen-bond acceptors (Lipinski definition) is 10. The summed E-state index contributed by atoms with van der Waals surface area (Å²) in [7, 11) is 0. The molecule has 0 amide bonds. The zero-order valence-corrected chi connectivity index (χ0v) is 22.5. The summed E-state index contributed by atoms with van der Waals surface area (Å²) < 4.78 is 45.3. The molecule has 1 aliphatic heterocycles. The number of rotatable bonds is 6. The second-order valence-corrected chi connectivity index (χ2v) is 11.0. The predicted octanol–water partition coefficient (Wildman–Crippen LogP) is 2.61. The number of nitrogens with zero attached hydrogens (tertiary/aromatic N) is 1. The number of ether oxygens (including phenoxy) is 1. The van der Waals surface area contributed by atoms with E-state index >= 15 is 0 Å². The zero-order valence-electron chi connectivity index (χ0n) is 22.5. The van der Waals surface area contributed by atoms with Gasteiger partial charge in [-0.1, -0.05) is 6.92 Å². The minimum Gasteiger partial charge on any atom is -0.508 e. The Balaban J connectivity index is 1.69. The number of Topliss-reactive ketones (excluding diaryl/α,β-unsaturated/α-hetero) is 3. The monoisotopic (exact) mass is 580 g/mol. The smallest absolute Gasteiger partial charge is 0.508 e. The number of halogens is 3. The molecule has 3 aliphatic carbocycles. The van der Waals surface area contributed by atoms with Crippen LogP contribution in [-0.4, -0.2) is 80.3 Å². The molecule has 10 nitrogen and oxygen atoms in total. The van der Waals surface area contributed by atoms with E-state index < -0.39 is 86.9 Å². The Morgan fingerprint density at radius 2 is 1.85 bits per heavy atom. The van der Waals surface area contributed by atoms with Crippen molar-refractivity contribution in [3.8, 4) is 11.5 Å². The molecule has 1 aromatic carbocycles. The van der Waals surface area contributed by atoms with Crippen molar-refractivity contribution >= 4 is 23.1 Å². The van der Waals surface area contributed by atoms with Crippen LogP contribution in [0.4, 0.5) is 13.2 Å². The number of nitrogens with one attached hydrogen (secondary N) is 1. The van der Waals surface area contributed by atoms with Crippen molar-refractivity contribution in [3.63, 3.8) is 0 Å². The fourth-order valence-electron chi connectivity index (χ4n) is 6.89. The number of hydrogen-bond donors (Lipinski definition) is 5. The molecule has 2 fully saturated rings. The molecule has 13 heteroatoms. The fourth-order valence-corrected chi connectivity index (χ4v) is 6.89. The van der Waals surface area contributed by atoms with Crippen LogP contribution in [0.2, 0.25) is 0 Å². The van der Waals surface area contributed by atoms with Gasteiger partial charge < -0.3 is 30.5 Å². The van der Waals surface area contributed by atoms with Crippen molar-refractivity contribution < 1.29 is 52.7 Å². The van der Waals surface area contributed by atoms with Crippen LogP contribution in [0, 0.1) is 11.8 Å². The van der Waals surface area contributed by atoms with Crippen LogP contribution in [0.5, 0.6) is 11.5 Å². The SMILES string of the molecule is CCN[C@@H]1C(=O)C(C(C)=O)=C(O)[C@@]2(O)C(=O)C3=C(O)c4c(O)cc(CN5CCCC5)c(OC(F)(F)F)c4C[C@H]3C[C@@H]12. The van der Waals surface area contributed by atoms with Gasteiger partial charge in [-0.25, -0.2) is 0 Å². The lowest BCUT2D eigenvalue weighted by atomic mass is 9.57. The summed E-state index contributed by atoms with van der Waals surface area (Å²) in [5, 5.41) is 47.6. The van der Waals surface area contributed by atoms with E-state index in [1.165, 1.54) is 0 Å². The van der Waals surface area contributed by atoms with Crippen molar-refractivity contribution in [3.05, 3.63) is 39.7 Å². The highest BCUT2D eigenvalue weighted by Crippen LogP contribution is 2.54. The third-order valence-electron chi connectivity index (χ3n) is 8.57. The minimum absolute atomic E-state index is 0.0546. The van der Waals surface area contributed by atoms with Crippen LogP contribution in [-0.2, 0) is 27.3 Å². The maximum Gasteiger partial charge on any atom is 0.573 e. The van der Waals surface area contributed by atoms with E-state index in [9.17, 15) is 48.0 Å². The maximum atomic E-state index is 13.9. The predicted molar refractivity (Wildman–Crippen MR) is 137 cm³/mol. The van der Waals surface area contributed by atoms with Gasteiger partial charge in [0.05, 0.1) is 11.6 Å². The van der Waals surface area contributed by atoms with E-state index in [-0.39, 0.29) is 37.1 Å². The number of aliphatic hydroxyl groups excluding tert-OH is 2. The molecule has 5 N–H and O–H groups in total. The average Bonchev–Trinajstić information content (AvgIpc) is 3.38. The van der Waals surface area contributed by atoms with Crippen molar-refractivity contribution in [2.75, 3.05) is 19.6 Å². The lowest BCUT2D eigenvalue weighted by Gasteiger charge is -2.49. The Bertz CT molecular complexity index is 1400. The molecule has 4 aliphatic rings. The van der Waals surface area contributed by atoms with Crippen molar-refractivity contribution in [2.24, 2.45) is 11.8 Å². The minimum atomic E-state index is -5.10. The molecule has 0 unspecified atom stereocenters. The van der Waals surface area contributed by atoms with Gasteiger partial charge in [-0.05, 0) is 64.2 Å². The Kier molecular flexibility index (Phi) is 7.19. The average molecular weight is 581 g/mol. The Morgan fingerprint density at radius 1 is 1.20 bits per heavy atom. The van der Waals surface area contributed by atoms with Gasteiger partial charge in [-0.2, -0.15) is 0 Å². The number of likely N-dealkylation sites (tertiary alicyclic amines) is 1. The molecule has 4 atom stereocenters. The molecule has 1 heterocycles. The molecule has 1 saturated heterocycles. The summed E-state index contributed by atoms with van der Waals surface area (Å²) in [5.74, 6) is -8.36. The Hall–Kier alpha value is -3.42. The fraction of sp³-hybridized carbons (Fsp3) is 0.536. The summed E-state index contributed by atoms with van der Waals surface area (Å²) in [4.78, 5) is 41.2. The molecule has 222 valence electrons. The van der Waals surface area contributed by atoms with E-state index in [4.69, 9.17) is 0 Å². The second-order valence-electron chi connectivity index (χ2n) is 11.0. The largest absolute Gasteiger partial charge is 0.573 e. The van der Waals surface area contributed by atoms with Gasteiger partial charge in [0.25, 0.3) is 0 Å². The summed E-state index contributed by atoms with van der Waals surface area (Å²) in [5.41, 5.74) is -4.48. The highest BCUT2D eigenvalue weighted by Gasteiger charge is 2.63. The molecule has 0 bridgehead atoms. The van der Waals surface area contributed by atoms with Crippen molar-refractivity contribution in [1.82, 2.24) is 10.2 Å². The van der Waals surface area contributed by atoms with E-state index in [1.54, 1.807) is 6.92 Å². The van der Waals surface area contributed by atoms with Crippen LogP contribution < -0.4 is 10.1 Å². The number of phenols is 1. The van der Waals surface area contributed by atoms with Crippen LogP contribution >= 0.6 is 0 Å². The second kappa shape index (κ2) is 10.1. The summed E-state index contributed by atoms with van der Waals surface area (Å²) >= 11 is 0. The number of benzene rings is 1. The first kappa shape index (κ1) is 29.1. The summed E-state index contributed by atoms with van der Waals surface area (Å²) in [6.45, 7) is 4.20. The number of fused-ring (bicyclic) bond motifs is 3. The number of ketones is 3. The Morgan fingerprint density at radius 3 is 2.44 bits per heavy atom. The molecule has 0 aromatic heterocycles. The normalized spacial score (nSPS) is 28.5. The van der Waals surface area contributed by atoms with Crippen LogP contribution in [0.3, 0.4) is 0 Å². The Labute approximate surface area is 233 Å². The highest BCUT2D eigenvalue weighted by atomic mass is 19.4. The van der Waals surface area contributed by atoms with Gasteiger partial charge in [0.2, 0.25) is 5.78 Å². The number of alkyl halides is 3. The number of carbonyl (C=O) groups is 3. The highest BCUT2D eigenvalue weighted by molar-refractivity contribution is 6.25. The molecule has 41 heavy (non-hydrogen) atoms. The molecular weight excluding hydrogens is 549 g/mol. The molecule has 5 rings (SSSR count). The molecule has 0 spiro atoms. The first-order valence-corrected chi connectivity index (χ1v) is 13.5. The summed E-state index contributed by atoms with van der Waals surface area (Å²) in [6.07, 6.45) is -3.88. The molecule has 1 aromatic rings. The number of likely N-dealkylation sites (N-methyl/N-ethyl adjacent to an activating group) is 1. The molecule has 0 radical (unpaired) electrons. The molecule has 1 saturated carbocycles. The van der Waals surface area contributed by atoms with E-state index in [0.717, 1.165) is 25.8 Å². The number of phenolic OH excluding ortho intramolecular Hbond substituents is 1. The van der Waals surface area contributed by atoms with Gasteiger partial charge in [-0.15, -0.1) is 13.2 Å². The lowest BCUT2D eigenvalue weighted by molar-refractivity contribution is -0.275.